The molecule has 1 aromatic rings. The summed E-state index contributed by atoms with van der Waals surface area (Å²) < 4.78 is 5.76. The number of carbonyl (C=O) groups excluding carboxylic acids is 1. The Morgan fingerprint density at radius 1 is 1.38 bits per heavy atom. The van der Waals surface area contributed by atoms with Crippen molar-refractivity contribution in [3.63, 3.8) is 0 Å². The average Bonchev–Trinajstić information content (AvgIpc) is 2.95. The third kappa shape index (κ3) is 4.74. The quantitative estimate of drug-likeness (QED) is 0.845. The van der Waals surface area contributed by atoms with Crippen LogP contribution in [0.1, 0.15) is 36.0 Å². The minimum Gasteiger partial charge on any atom is -0.493 e. The van der Waals surface area contributed by atoms with Gasteiger partial charge in [-0.15, -0.1) is 0 Å². The minimum absolute atomic E-state index is 0.0609. The lowest BCUT2D eigenvalue weighted by atomic mass is 10.1. The van der Waals surface area contributed by atoms with Crippen molar-refractivity contribution >= 4 is 5.91 Å². The smallest absolute Gasteiger partial charge is 0.223 e. The molecule has 0 saturated carbocycles. The molecule has 0 aliphatic carbocycles. The third-order valence-electron chi connectivity index (χ3n) is 4.06. The summed E-state index contributed by atoms with van der Waals surface area (Å²) >= 11 is 0. The van der Waals surface area contributed by atoms with E-state index in [4.69, 9.17) is 4.74 Å². The molecule has 0 bridgehead atoms. The molecule has 4 nitrogen and oxygen atoms in total. The van der Waals surface area contributed by atoms with Crippen molar-refractivity contribution in [2.45, 2.75) is 46.1 Å². The number of benzene rings is 1. The molecule has 1 atom stereocenters. The van der Waals surface area contributed by atoms with Crippen LogP contribution in [-0.2, 0) is 4.79 Å². The summed E-state index contributed by atoms with van der Waals surface area (Å²) in [6.45, 7) is 8.40. The molecule has 0 radical (unpaired) electrons. The zero-order valence-electron chi connectivity index (χ0n) is 13.3. The summed E-state index contributed by atoms with van der Waals surface area (Å²) in [6.07, 6.45) is 2.76. The molecule has 1 aromatic carbocycles. The number of ether oxygens (including phenoxy) is 1. The lowest BCUT2D eigenvalue weighted by Crippen LogP contribution is -2.37. The Hall–Kier alpha value is -1.55. The number of hydrogen-bond acceptors (Lipinski definition) is 3. The monoisotopic (exact) mass is 290 g/mol. The number of nitrogens with one attached hydrogen (secondary N) is 2. The predicted molar refractivity (Wildman–Crippen MR) is 84.8 cm³/mol. The van der Waals surface area contributed by atoms with Crippen LogP contribution in [0.2, 0.25) is 0 Å². The van der Waals surface area contributed by atoms with Crippen LogP contribution < -0.4 is 15.4 Å². The number of aryl methyl sites for hydroxylation is 2. The van der Waals surface area contributed by atoms with Crippen molar-refractivity contribution in [2.24, 2.45) is 0 Å². The molecule has 0 aromatic heterocycles. The first-order valence-electron chi connectivity index (χ1n) is 7.77. The van der Waals surface area contributed by atoms with Gasteiger partial charge in [0.2, 0.25) is 5.91 Å². The maximum atomic E-state index is 11.8. The van der Waals surface area contributed by atoms with Gasteiger partial charge in [0.1, 0.15) is 5.75 Å². The van der Waals surface area contributed by atoms with E-state index in [1.165, 1.54) is 17.5 Å². The molecular formula is C17H26N2O2. The Labute approximate surface area is 127 Å². The van der Waals surface area contributed by atoms with Gasteiger partial charge < -0.3 is 15.4 Å². The van der Waals surface area contributed by atoms with E-state index in [2.05, 4.69) is 37.5 Å². The molecule has 1 heterocycles. The Morgan fingerprint density at radius 2 is 2.19 bits per heavy atom. The van der Waals surface area contributed by atoms with Crippen LogP contribution in [0.15, 0.2) is 12.1 Å². The molecule has 1 aliphatic heterocycles. The Balaban J connectivity index is 1.72. The summed E-state index contributed by atoms with van der Waals surface area (Å²) in [4.78, 5) is 11.8. The first kappa shape index (κ1) is 15.8. The molecule has 1 aliphatic rings. The van der Waals surface area contributed by atoms with Gasteiger partial charge in [0.15, 0.2) is 0 Å². The van der Waals surface area contributed by atoms with Crippen molar-refractivity contribution in [1.82, 2.24) is 10.6 Å². The zero-order valence-corrected chi connectivity index (χ0v) is 13.3. The number of hydrogen-bond donors (Lipinski definition) is 2. The van der Waals surface area contributed by atoms with Crippen LogP contribution in [0.4, 0.5) is 0 Å². The molecule has 1 amide bonds. The molecule has 1 fully saturated rings. The van der Waals surface area contributed by atoms with Gasteiger partial charge in [0, 0.05) is 12.6 Å². The second-order valence-corrected chi connectivity index (χ2v) is 5.90. The fourth-order valence-corrected chi connectivity index (χ4v) is 2.66. The molecule has 2 rings (SSSR count). The van der Waals surface area contributed by atoms with E-state index in [-0.39, 0.29) is 5.91 Å². The van der Waals surface area contributed by atoms with E-state index < -0.39 is 0 Å². The second-order valence-electron chi connectivity index (χ2n) is 5.90. The Bertz CT molecular complexity index is 494. The van der Waals surface area contributed by atoms with Gasteiger partial charge in [0.25, 0.3) is 0 Å². The van der Waals surface area contributed by atoms with Gasteiger partial charge >= 0.3 is 0 Å². The number of amides is 1. The van der Waals surface area contributed by atoms with Gasteiger partial charge in [-0.3, -0.25) is 4.79 Å². The standard InChI is InChI=1S/C17H26N2O2/c1-12-9-13(2)14(3)16(10-12)21-8-6-17(20)19-11-15-5-4-7-18-15/h9-10,15,18H,4-8,11H2,1-3H3,(H,19,20). The van der Waals surface area contributed by atoms with E-state index in [0.29, 0.717) is 19.1 Å². The van der Waals surface area contributed by atoms with Crippen LogP contribution in [0.3, 0.4) is 0 Å². The van der Waals surface area contributed by atoms with Gasteiger partial charge in [-0.25, -0.2) is 0 Å². The summed E-state index contributed by atoms with van der Waals surface area (Å²) in [7, 11) is 0. The first-order valence-corrected chi connectivity index (χ1v) is 7.77. The molecule has 21 heavy (non-hydrogen) atoms. The molecule has 4 heteroatoms. The molecule has 1 unspecified atom stereocenters. The van der Waals surface area contributed by atoms with Gasteiger partial charge in [-0.05, 0) is 62.9 Å². The minimum atomic E-state index is 0.0609. The summed E-state index contributed by atoms with van der Waals surface area (Å²) in [5, 5.41) is 6.33. The predicted octanol–water partition coefficient (Wildman–Crippen LogP) is 2.25. The van der Waals surface area contributed by atoms with Crippen molar-refractivity contribution in [1.29, 1.82) is 0 Å². The maximum Gasteiger partial charge on any atom is 0.223 e. The third-order valence-corrected chi connectivity index (χ3v) is 4.06. The Morgan fingerprint density at radius 3 is 2.90 bits per heavy atom. The van der Waals surface area contributed by atoms with Gasteiger partial charge in [-0.2, -0.15) is 0 Å². The van der Waals surface area contributed by atoms with E-state index in [0.717, 1.165) is 30.8 Å². The average molecular weight is 290 g/mol. The Kier molecular flexibility index (Phi) is 5.62. The summed E-state index contributed by atoms with van der Waals surface area (Å²) in [6, 6.07) is 4.61. The SMILES string of the molecule is Cc1cc(C)c(C)c(OCCC(=O)NCC2CCCN2)c1. The van der Waals surface area contributed by atoms with Crippen molar-refractivity contribution < 1.29 is 9.53 Å². The highest BCUT2D eigenvalue weighted by atomic mass is 16.5. The molecule has 116 valence electrons. The van der Waals surface area contributed by atoms with Crippen molar-refractivity contribution in [3.05, 3.63) is 28.8 Å². The lowest BCUT2D eigenvalue weighted by molar-refractivity contribution is -0.121. The molecular weight excluding hydrogens is 264 g/mol. The zero-order chi connectivity index (χ0) is 15.2. The van der Waals surface area contributed by atoms with Crippen LogP contribution in [0.25, 0.3) is 0 Å². The highest BCUT2D eigenvalue weighted by molar-refractivity contribution is 5.76. The molecule has 2 N–H and O–H groups in total. The largest absolute Gasteiger partial charge is 0.493 e. The highest BCUT2D eigenvalue weighted by Gasteiger charge is 2.14. The summed E-state index contributed by atoms with van der Waals surface area (Å²) in [5.74, 6) is 0.948. The summed E-state index contributed by atoms with van der Waals surface area (Å²) in [5.41, 5.74) is 3.56. The topological polar surface area (TPSA) is 50.4 Å². The van der Waals surface area contributed by atoms with Crippen molar-refractivity contribution in [2.75, 3.05) is 19.7 Å². The molecule has 1 saturated heterocycles. The van der Waals surface area contributed by atoms with Crippen LogP contribution >= 0.6 is 0 Å². The van der Waals surface area contributed by atoms with Gasteiger partial charge in [0.05, 0.1) is 13.0 Å². The molecule has 0 spiro atoms. The van der Waals surface area contributed by atoms with Crippen LogP contribution in [-0.4, -0.2) is 31.6 Å². The fourth-order valence-electron chi connectivity index (χ4n) is 2.66. The van der Waals surface area contributed by atoms with E-state index >= 15 is 0 Å². The van der Waals surface area contributed by atoms with Gasteiger partial charge in [-0.1, -0.05) is 6.07 Å². The number of carbonyl (C=O) groups is 1. The fraction of sp³-hybridized carbons (Fsp3) is 0.588. The van der Waals surface area contributed by atoms with Crippen molar-refractivity contribution in [3.8, 4) is 5.75 Å². The first-order chi connectivity index (χ1) is 10.1. The highest BCUT2D eigenvalue weighted by Crippen LogP contribution is 2.23. The number of rotatable bonds is 6. The normalized spacial score (nSPS) is 17.8. The maximum absolute atomic E-state index is 11.8. The van der Waals surface area contributed by atoms with Crippen LogP contribution in [0, 0.1) is 20.8 Å². The van der Waals surface area contributed by atoms with Crippen LogP contribution in [0.5, 0.6) is 5.75 Å². The van der Waals surface area contributed by atoms with E-state index in [9.17, 15) is 4.79 Å². The van der Waals surface area contributed by atoms with E-state index in [1.807, 2.05) is 6.07 Å². The van der Waals surface area contributed by atoms with E-state index in [1.54, 1.807) is 0 Å². The lowest BCUT2D eigenvalue weighted by Gasteiger charge is -2.13. The second kappa shape index (κ2) is 7.46.